The van der Waals surface area contributed by atoms with Crippen LogP contribution < -0.4 is 0 Å². The van der Waals surface area contributed by atoms with Crippen molar-refractivity contribution in [1.82, 2.24) is 0 Å². The average molecular weight is 224 g/mol. The Morgan fingerprint density at radius 1 is 1.06 bits per heavy atom. The van der Waals surface area contributed by atoms with Crippen molar-refractivity contribution < 1.29 is 19.4 Å². The van der Waals surface area contributed by atoms with E-state index in [-0.39, 0.29) is 5.57 Å². The molecule has 1 aliphatic carbocycles. The predicted octanol–water partition coefficient (Wildman–Crippen LogP) is 2.45. The van der Waals surface area contributed by atoms with Crippen LogP contribution in [0.15, 0.2) is 23.3 Å². The highest BCUT2D eigenvalue weighted by molar-refractivity contribution is 5.90. The zero-order valence-corrected chi connectivity index (χ0v) is 9.67. The summed E-state index contributed by atoms with van der Waals surface area (Å²) in [6, 6.07) is 0. The van der Waals surface area contributed by atoms with E-state index in [1.54, 1.807) is 6.92 Å². The minimum absolute atomic E-state index is 0.193. The van der Waals surface area contributed by atoms with Crippen molar-refractivity contribution in [2.24, 2.45) is 0 Å². The van der Waals surface area contributed by atoms with Crippen molar-refractivity contribution in [3.05, 3.63) is 23.3 Å². The fourth-order valence-electron chi connectivity index (χ4n) is 1.53. The minimum Gasteiger partial charge on any atom is -0.242 e. The average Bonchev–Trinajstić information content (AvgIpc) is 2.77. The summed E-state index contributed by atoms with van der Waals surface area (Å²) >= 11 is 0. The molecule has 1 fully saturated rings. The molecule has 1 aliphatic rings. The van der Waals surface area contributed by atoms with Gasteiger partial charge in [0.05, 0.1) is 0 Å². The summed E-state index contributed by atoms with van der Waals surface area (Å²) in [5.74, 6) is -1.32. The quantitative estimate of drug-likeness (QED) is 0.410. The van der Waals surface area contributed by atoms with Gasteiger partial charge < -0.3 is 0 Å². The molecule has 0 aromatic heterocycles. The van der Waals surface area contributed by atoms with E-state index < -0.39 is 11.9 Å². The molecule has 0 aliphatic heterocycles. The number of carbonyl (C=O) groups excluding carboxylic acids is 2. The molecule has 4 heteroatoms. The van der Waals surface area contributed by atoms with Gasteiger partial charge in [0.15, 0.2) is 0 Å². The molecular weight excluding hydrogens is 208 g/mol. The molecule has 0 unspecified atom stereocenters. The van der Waals surface area contributed by atoms with Gasteiger partial charge >= 0.3 is 11.9 Å². The topological polar surface area (TPSA) is 52.6 Å². The van der Waals surface area contributed by atoms with Crippen LogP contribution in [-0.2, 0) is 19.4 Å². The highest BCUT2D eigenvalue weighted by Crippen LogP contribution is 2.27. The normalized spacial score (nSPS) is 14.5. The Morgan fingerprint density at radius 3 is 2.06 bits per heavy atom. The van der Waals surface area contributed by atoms with Gasteiger partial charge in [-0.05, 0) is 39.5 Å². The molecule has 0 amide bonds. The van der Waals surface area contributed by atoms with Crippen LogP contribution >= 0.6 is 0 Å². The third-order valence-electron chi connectivity index (χ3n) is 2.59. The molecule has 0 atom stereocenters. The van der Waals surface area contributed by atoms with Gasteiger partial charge in [-0.2, -0.15) is 0 Å². The molecule has 16 heavy (non-hydrogen) atoms. The molecule has 0 aromatic rings. The number of hydrogen-bond donors (Lipinski definition) is 0. The van der Waals surface area contributed by atoms with E-state index in [1.807, 2.05) is 0 Å². The van der Waals surface area contributed by atoms with E-state index in [2.05, 4.69) is 16.4 Å². The summed E-state index contributed by atoms with van der Waals surface area (Å²) in [7, 11) is 0. The van der Waals surface area contributed by atoms with Crippen LogP contribution in [0.2, 0.25) is 0 Å². The second-order valence-electron chi connectivity index (χ2n) is 3.96. The molecule has 0 saturated heterocycles. The largest absolute Gasteiger partial charge is 0.382 e. The molecule has 4 nitrogen and oxygen atoms in total. The Morgan fingerprint density at radius 2 is 1.56 bits per heavy atom. The summed E-state index contributed by atoms with van der Waals surface area (Å²) in [6.07, 6.45) is 4.06. The smallest absolute Gasteiger partial charge is 0.242 e. The molecule has 88 valence electrons. The van der Waals surface area contributed by atoms with Crippen LogP contribution in [0.25, 0.3) is 0 Å². The summed E-state index contributed by atoms with van der Waals surface area (Å²) in [6.45, 7) is 6.55. The highest BCUT2D eigenvalue weighted by Gasteiger charge is 2.18. The maximum absolute atomic E-state index is 11.5. The number of rotatable bonds is 2. The summed E-state index contributed by atoms with van der Waals surface area (Å²) in [5.41, 5.74) is 1.84. The van der Waals surface area contributed by atoms with Crippen LogP contribution in [0.5, 0.6) is 0 Å². The van der Waals surface area contributed by atoms with Gasteiger partial charge in [-0.15, -0.1) is 0 Å². The first-order valence-electron chi connectivity index (χ1n) is 5.29. The Hall–Kier alpha value is -1.58. The van der Waals surface area contributed by atoms with Crippen LogP contribution in [0.1, 0.15) is 39.5 Å². The van der Waals surface area contributed by atoms with Crippen LogP contribution in [0.3, 0.4) is 0 Å². The van der Waals surface area contributed by atoms with Crippen molar-refractivity contribution in [2.45, 2.75) is 39.5 Å². The van der Waals surface area contributed by atoms with Crippen LogP contribution in [0.4, 0.5) is 0 Å². The van der Waals surface area contributed by atoms with Gasteiger partial charge in [-0.3, -0.25) is 0 Å². The zero-order chi connectivity index (χ0) is 12.1. The second-order valence-corrected chi connectivity index (χ2v) is 3.96. The van der Waals surface area contributed by atoms with Gasteiger partial charge in [0.25, 0.3) is 0 Å². The highest BCUT2D eigenvalue weighted by atomic mass is 17.2. The van der Waals surface area contributed by atoms with Gasteiger partial charge in [-0.25, -0.2) is 19.4 Å². The van der Waals surface area contributed by atoms with E-state index in [9.17, 15) is 9.59 Å². The molecule has 0 radical (unpaired) electrons. The molecule has 1 saturated carbocycles. The molecule has 0 bridgehead atoms. The lowest BCUT2D eigenvalue weighted by Gasteiger charge is -2.05. The Balaban J connectivity index is 2.49. The Bertz CT molecular complexity index is 344. The minimum atomic E-state index is -0.724. The Labute approximate surface area is 94.8 Å². The van der Waals surface area contributed by atoms with Crippen LogP contribution in [-0.4, -0.2) is 11.9 Å². The molecular formula is C12H16O4. The number of carbonyl (C=O) groups is 2. The second kappa shape index (κ2) is 5.49. The third-order valence-corrected chi connectivity index (χ3v) is 2.59. The van der Waals surface area contributed by atoms with Crippen molar-refractivity contribution in [3.63, 3.8) is 0 Å². The van der Waals surface area contributed by atoms with Crippen LogP contribution in [0, 0.1) is 0 Å². The molecule has 1 rings (SSSR count). The van der Waals surface area contributed by atoms with Gasteiger partial charge in [0, 0.05) is 11.1 Å². The monoisotopic (exact) mass is 224 g/mol. The molecule has 0 spiro atoms. The van der Waals surface area contributed by atoms with Gasteiger partial charge in [0.2, 0.25) is 0 Å². The SMILES string of the molecule is C=C(C)C(=O)OOC(=O)C(C)=C1CCCC1. The fraction of sp³-hybridized carbons (Fsp3) is 0.500. The lowest BCUT2D eigenvalue weighted by atomic mass is 10.1. The van der Waals surface area contributed by atoms with E-state index in [0.717, 1.165) is 31.3 Å². The number of hydrogen-bond acceptors (Lipinski definition) is 4. The van der Waals surface area contributed by atoms with Crippen molar-refractivity contribution >= 4 is 11.9 Å². The maximum Gasteiger partial charge on any atom is 0.382 e. The van der Waals surface area contributed by atoms with E-state index >= 15 is 0 Å². The fourth-order valence-corrected chi connectivity index (χ4v) is 1.53. The molecule has 0 aromatic carbocycles. The van der Waals surface area contributed by atoms with E-state index in [4.69, 9.17) is 0 Å². The van der Waals surface area contributed by atoms with Crippen molar-refractivity contribution in [3.8, 4) is 0 Å². The maximum atomic E-state index is 11.5. The lowest BCUT2D eigenvalue weighted by Crippen LogP contribution is -2.13. The van der Waals surface area contributed by atoms with Crippen molar-refractivity contribution in [2.75, 3.05) is 0 Å². The van der Waals surface area contributed by atoms with Gasteiger partial charge in [0.1, 0.15) is 0 Å². The van der Waals surface area contributed by atoms with Crippen molar-refractivity contribution in [1.29, 1.82) is 0 Å². The first-order chi connectivity index (χ1) is 7.52. The van der Waals surface area contributed by atoms with E-state index in [0.29, 0.717) is 5.57 Å². The first-order valence-corrected chi connectivity index (χ1v) is 5.29. The summed E-state index contributed by atoms with van der Waals surface area (Å²) in [5, 5.41) is 0. The summed E-state index contributed by atoms with van der Waals surface area (Å²) in [4.78, 5) is 31.2. The van der Waals surface area contributed by atoms with Gasteiger partial charge in [-0.1, -0.05) is 12.2 Å². The predicted molar refractivity (Wildman–Crippen MR) is 58.2 cm³/mol. The molecule has 0 N–H and O–H groups in total. The van der Waals surface area contributed by atoms with E-state index in [1.165, 1.54) is 6.92 Å². The third kappa shape index (κ3) is 3.22. The molecule has 0 heterocycles. The Kier molecular flexibility index (Phi) is 4.28. The first kappa shape index (κ1) is 12.5. The zero-order valence-electron chi connectivity index (χ0n) is 9.67. The lowest BCUT2D eigenvalue weighted by molar-refractivity contribution is -0.252. The standard InChI is InChI=1S/C12H16O4/c1-8(2)11(13)15-16-12(14)9(3)10-6-4-5-7-10/h1,4-7H2,2-3H3. The number of allylic oxidation sites excluding steroid dienone is 1. The summed E-state index contributed by atoms with van der Waals surface area (Å²) < 4.78 is 0.